The van der Waals surface area contributed by atoms with Crippen LogP contribution in [0.15, 0.2) is 54.7 Å². The van der Waals surface area contributed by atoms with E-state index in [4.69, 9.17) is 0 Å². The number of halogens is 3. The zero-order chi connectivity index (χ0) is 21.7. The molecule has 0 saturated heterocycles. The Balaban J connectivity index is 1.67. The molecule has 0 radical (unpaired) electrons. The van der Waals surface area contributed by atoms with E-state index in [-0.39, 0.29) is 23.8 Å². The van der Waals surface area contributed by atoms with Crippen molar-refractivity contribution in [3.05, 3.63) is 77.1 Å². The number of hydrogen-bond donors (Lipinski definition) is 2. The highest BCUT2D eigenvalue weighted by Gasteiger charge is 2.34. The fourth-order valence-electron chi connectivity index (χ4n) is 2.71. The Morgan fingerprint density at radius 2 is 1.70 bits per heavy atom. The third-order valence-electron chi connectivity index (χ3n) is 4.19. The van der Waals surface area contributed by atoms with Crippen LogP contribution in [0.5, 0.6) is 0 Å². The van der Waals surface area contributed by atoms with Crippen LogP contribution in [0.2, 0.25) is 0 Å². The first-order valence-corrected chi connectivity index (χ1v) is 9.04. The van der Waals surface area contributed by atoms with Crippen molar-refractivity contribution >= 4 is 11.8 Å². The number of aromatic nitrogens is 3. The molecule has 1 heterocycles. The Morgan fingerprint density at radius 3 is 2.37 bits per heavy atom. The van der Waals surface area contributed by atoms with Gasteiger partial charge in [-0.1, -0.05) is 29.5 Å². The molecule has 30 heavy (non-hydrogen) atoms. The van der Waals surface area contributed by atoms with E-state index < -0.39 is 17.6 Å². The molecule has 0 bridgehead atoms. The van der Waals surface area contributed by atoms with Gasteiger partial charge in [-0.3, -0.25) is 9.59 Å². The Hall–Kier alpha value is -3.69. The van der Waals surface area contributed by atoms with Crippen molar-refractivity contribution in [3.63, 3.8) is 0 Å². The molecule has 10 heteroatoms. The van der Waals surface area contributed by atoms with Crippen LogP contribution >= 0.6 is 0 Å². The van der Waals surface area contributed by atoms with E-state index in [0.717, 1.165) is 22.5 Å². The van der Waals surface area contributed by atoms with E-state index in [9.17, 15) is 22.8 Å². The van der Waals surface area contributed by atoms with E-state index in [0.29, 0.717) is 12.1 Å². The molecule has 0 unspecified atom stereocenters. The predicted molar refractivity (Wildman–Crippen MR) is 102 cm³/mol. The highest BCUT2D eigenvalue weighted by Crippen LogP contribution is 2.33. The van der Waals surface area contributed by atoms with Crippen LogP contribution in [-0.2, 0) is 12.7 Å². The van der Waals surface area contributed by atoms with Gasteiger partial charge in [-0.25, -0.2) is 4.68 Å². The van der Waals surface area contributed by atoms with Crippen molar-refractivity contribution in [2.75, 3.05) is 6.54 Å². The molecule has 0 aliphatic rings. The molecular weight excluding hydrogens is 399 g/mol. The van der Waals surface area contributed by atoms with Gasteiger partial charge in [-0.05, 0) is 36.8 Å². The van der Waals surface area contributed by atoms with Gasteiger partial charge in [0.2, 0.25) is 0 Å². The summed E-state index contributed by atoms with van der Waals surface area (Å²) in [6, 6.07) is 11.6. The van der Waals surface area contributed by atoms with Gasteiger partial charge >= 0.3 is 6.18 Å². The minimum atomic E-state index is -4.56. The maximum Gasteiger partial charge on any atom is 0.418 e. The smallest absolute Gasteiger partial charge is 0.352 e. The third kappa shape index (κ3) is 4.83. The minimum Gasteiger partial charge on any atom is -0.352 e. The van der Waals surface area contributed by atoms with Crippen LogP contribution in [0.25, 0.3) is 5.69 Å². The zero-order valence-corrected chi connectivity index (χ0v) is 15.9. The Labute approximate surface area is 169 Å². The van der Waals surface area contributed by atoms with Crippen molar-refractivity contribution in [1.29, 1.82) is 0 Å². The molecule has 2 amide bonds. The van der Waals surface area contributed by atoms with Crippen molar-refractivity contribution in [2.24, 2.45) is 0 Å². The molecule has 0 aliphatic heterocycles. The van der Waals surface area contributed by atoms with Crippen molar-refractivity contribution in [1.82, 2.24) is 25.6 Å². The second-order valence-electron chi connectivity index (χ2n) is 6.30. The second-order valence-corrected chi connectivity index (χ2v) is 6.30. The molecular formula is C20H18F3N5O2. The van der Waals surface area contributed by atoms with Crippen molar-refractivity contribution < 1.29 is 22.8 Å². The topological polar surface area (TPSA) is 88.9 Å². The summed E-state index contributed by atoms with van der Waals surface area (Å²) >= 11 is 0. The molecule has 3 aromatic rings. The number of alkyl halides is 3. The highest BCUT2D eigenvalue weighted by atomic mass is 19.4. The normalized spacial score (nSPS) is 11.2. The summed E-state index contributed by atoms with van der Waals surface area (Å²) in [5, 5.41) is 12.6. The van der Waals surface area contributed by atoms with Gasteiger partial charge in [-0.2, -0.15) is 13.2 Å². The van der Waals surface area contributed by atoms with Gasteiger partial charge in [-0.15, -0.1) is 5.10 Å². The first-order valence-electron chi connectivity index (χ1n) is 9.04. The first-order chi connectivity index (χ1) is 14.3. The molecule has 0 fully saturated rings. The number of para-hydroxylation sites is 1. The van der Waals surface area contributed by atoms with Crippen molar-refractivity contribution in [3.8, 4) is 5.69 Å². The molecule has 1 aromatic heterocycles. The van der Waals surface area contributed by atoms with Crippen LogP contribution in [0.3, 0.4) is 0 Å². The lowest BCUT2D eigenvalue weighted by Gasteiger charge is -2.11. The molecule has 0 spiro atoms. The van der Waals surface area contributed by atoms with Gasteiger partial charge in [0.15, 0.2) is 5.69 Å². The van der Waals surface area contributed by atoms with E-state index in [1.165, 1.54) is 18.2 Å². The fourth-order valence-corrected chi connectivity index (χ4v) is 2.71. The second kappa shape index (κ2) is 8.76. The molecule has 2 aromatic carbocycles. The van der Waals surface area contributed by atoms with Gasteiger partial charge in [0.05, 0.1) is 17.4 Å². The van der Waals surface area contributed by atoms with Gasteiger partial charge < -0.3 is 10.6 Å². The monoisotopic (exact) mass is 417 g/mol. The molecule has 7 nitrogen and oxygen atoms in total. The zero-order valence-electron chi connectivity index (χ0n) is 15.9. The number of nitrogens with zero attached hydrogens (tertiary/aromatic N) is 3. The summed E-state index contributed by atoms with van der Waals surface area (Å²) in [5.41, 5.74) is 0.0156. The number of hydrogen-bond acceptors (Lipinski definition) is 4. The molecule has 0 atom stereocenters. The van der Waals surface area contributed by atoms with Crippen LogP contribution < -0.4 is 10.6 Å². The SMILES string of the molecule is CCNC(=O)c1ccc(CNC(=O)c2cn(-c3ccccc3C(F)(F)F)nn2)cc1. The molecule has 2 N–H and O–H groups in total. The van der Waals surface area contributed by atoms with E-state index in [1.807, 2.05) is 6.92 Å². The molecule has 0 saturated carbocycles. The fraction of sp³-hybridized carbons (Fsp3) is 0.200. The quantitative estimate of drug-likeness (QED) is 0.646. The van der Waals surface area contributed by atoms with Gasteiger partial charge in [0.1, 0.15) is 0 Å². The van der Waals surface area contributed by atoms with Gasteiger partial charge in [0.25, 0.3) is 11.8 Å². The Bertz CT molecular complexity index is 1050. The van der Waals surface area contributed by atoms with Crippen LogP contribution in [0.1, 0.15) is 38.9 Å². The number of benzene rings is 2. The molecule has 0 aliphatic carbocycles. The Morgan fingerprint density at radius 1 is 1.00 bits per heavy atom. The Kier molecular flexibility index (Phi) is 6.14. The highest BCUT2D eigenvalue weighted by molar-refractivity contribution is 5.94. The average Bonchev–Trinajstić information content (AvgIpc) is 3.22. The predicted octanol–water partition coefficient (Wildman–Crippen LogP) is 2.97. The maximum absolute atomic E-state index is 13.2. The molecule has 3 rings (SSSR count). The number of amides is 2. The third-order valence-corrected chi connectivity index (χ3v) is 4.19. The van der Waals surface area contributed by atoms with Crippen LogP contribution in [-0.4, -0.2) is 33.4 Å². The number of carbonyl (C=O) groups is 2. The summed E-state index contributed by atoms with van der Waals surface area (Å²) in [6.07, 6.45) is -3.43. The van der Waals surface area contributed by atoms with Crippen LogP contribution in [0.4, 0.5) is 13.2 Å². The first kappa shape index (κ1) is 21.0. The van der Waals surface area contributed by atoms with Crippen molar-refractivity contribution in [2.45, 2.75) is 19.6 Å². The summed E-state index contributed by atoms with van der Waals surface area (Å²) < 4.78 is 40.4. The average molecular weight is 417 g/mol. The maximum atomic E-state index is 13.2. The molecule has 156 valence electrons. The summed E-state index contributed by atoms with van der Waals surface area (Å²) in [5.74, 6) is -0.776. The van der Waals surface area contributed by atoms with E-state index in [1.54, 1.807) is 24.3 Å². The summed E-state index contributed by atoms with van der Waals surface area (Å²) in [4.78, 5) is 24.0. The standard InChI is InChI=1S/C20H18F3N5O2/c1-2-24-18(29)14-9-7-13(8-10-14)11-25-19(30)16-12-28(27-26-16)17-6-4-3-5-15(17)20(21,22)23/h3-10,12H,2,11H2,1H3,(H,24,29)(H,25,30). The number of rotatable bonds is 6. The lowest BCUT2D eigenvalue weighted by Crippen LogP contribution is -2.24. The van der Waals surface area contributed by atoms with Crippen LogP contribution in [0, 0.1) is 0 Å². The lowest BCUT2D eigenvalue weighted by atomic mass is 10.1. The number of nitrogens with one attached hydrogen (secondary N) is 2. The van der Waals surface area contributed by atoms with E-state index >= 15 is 0 Å². The lowest BCUT2D eigenvalue weighted by molar-refractivity contribution is -0.137. The minimum absolute atomic E-state index is 0.120. The summed E-state index contributed by atoms with van der Waals surface area (Å²) in [6.45, 7) is 2.49. The van der Waals surface area contributed by atoms with Gasteiger partial charge in [0, 0.05) is 18.7 Å². The largest absolute Gasteiger partial charge is 0.418 e. The van der Waals surface area contributed by atoms with E-state index in [2.05, 4.69) is 20.9 Å². The summed E-state index contributed by atoms with van der Waals surface area (Å²) in [7, 11) is 0. The number of carbonyl (C=O) groups excluding carboxylic acids is 2.